The minimum Gasteiger partial charge on any atom is -0.464 e. The molecule has 0 radical (unpaired) electrons. The fourth-order valence-corrected chi connectivity index (χ4v) is 1.66. The number of esters is 1. The minimum absolute atomic E-state index is 0.0201. The molecule has 18 heavy (non-hydrogen) atoms. The second kappa shape index (κ2) is 6.87. The van der Waals surface area contributed by atoms with E-state index in [1.54, 1.807) is 6.92 Å². The molecular weight excluding hydrogens is 300 g/mol. The van der Waals surface area contributed by atoms with E-state index in [1.165, 1.54) is 0 Å². The van der Waals surface area contributed by atoms with Gasteiger partial charge in [-0.25, -0.2) is 0 Å². The Kier molecular flexibility index (Phi) is 5.78. The highest BCUT2D eigenvalue weighted by molar-refractivity contribution is 9.09. The van der Waals surface area contributed by atoms with E-state index in [4.69, 9.17) is 14.9 Å². The van der Waals surface area contributed by atoms with E-state index in [0.717, 1.165) is 5.56 Å². The van der Waals surface area contributed by atoms with Gasteiger partial charge in [0.25, 0.3) is 0 Å². The fourth-order valence-electron chi connectivity index (χ4n) is 1.22. The highest BCUT2D eigenvalue weighted by Gasteiger charge is 2.27. The molecule has 0 aromatic heterocycles. The number of benzene rings is 1. The van der Waals surface area contributed by atoms with E-state index in [2.05, 4.69) is 15.9 Å². The van der Waals surface area contributed by atoms with Crippen molar-refractivity contribution in [3.05, 3.63) is 35.9 Å². The van der Waals surface area contributed by atoms with Crippen LogP contribution in [-0.4, -0.2) is 36.0 Å². The third kappa shape index (κ3) is 4.08. The van der Waals surface area contributed by atoms with Gasteiger partial charge in [-0.3, -0.25) is 4.79 Å². The molecule has 1 aromatic rings. The summed E-state index contributed by atoms with van der Waals surface area (Å²) in [5.74, 6) is -0.436. The Labute approximate surface area is 115 Å². The second-order valence-corrected chi connectivity index (χ2v) is 5.42. The van der Waals surface area contributed by atoms with Gasteiger partial charge >= 0.3 is 5.97 Å². The van der Waals surface area contributed by atoms with Crippen LogP contribution in [0.25, 0.3) is 0 Å². The molecule has 0 saturated carbocycles. The maximum atomic E-state index is 11.8. The van der Waals surface area contributed by atoms with Crippen molar-refractivity contribution in [2.24, 2.45) is 5.41 Å². The van der Waals surface area contributed by atoms with Crippen LogP contribution in [0.2, 0.25) is 0 Å². The summed E-state index contributed by atoms with van der Waals surface area (Å²) in [6, 6.07) is 9.17. The zero-order valence-electron chi connectivity index (χ0n) is 10.2. The van der Waals surface area contributed by atoms with Crippen molar-refractivity contribution in [3.8, 4) is 0 Å². The Hall–Kier alpha value is -0.910. The van der Waals surface area contributed by atoms with Crippen LogP contribution < -0.4 is 0 Å². The summed E-state index contributed by atoms with van der Waals surface area (Å²) in [4.78, 5) is 11.2. The SMILES string of the molecule is CC(CO)(CO)COC(=O)C(Br)c1ccccc1. The zero-order chi connectivity index (χ0) is 13.6. The molecular formula is C13H17BrO4. The lowest BCUT2D eigenvalue weighted by molar-refractivity contribution is -0.148. The van der Waals surface area contributed by atoms with Crippen molar-refractivity contribution in [2.45, 2.75) is 11.8 Å². The maximum Gasteiger partial charge on any atom is 0.324 e. The van der Waals surface area contributed by atoms with Crippen LogP contribution >= 0.6 is 15.9 Å². The molecule has 0 aliphatic heterocycles. The fraction of sp³-hybridized carbons (Fsp3) is 0.462. The van der Waals surface area contributed by atoms with E-state index < -0.39 is 16.2 Å². The number of ether oxygens (including phenoxy) is 1. The van der Waals surface area contributed by atoms with Crippen LogP contribution in [0.15, 0.2) is 30.3 Å². The van der Waals surface area contributed by atoms with Gasteiger partial charge in [0.05, 0.1) is 13.2 Å². The van der Waals surface area contributed by atoms with E-state index in [0.29, 0.717) is 0 Å². The lowest BCUT2D eigenvalue weighted by Crippen LogP contribution is -2.33. The predicted octanol–water partition coefficient (Wildman–Crippen LogP) is 1.66. The van der Waals surface area contributed by atoms with Crippen molar-refractivity contribution in [1.29, 1.82) is 0 Å². The highest BCUT2D eigenvalue weighted by atomic mass is 79.9. The molecule has 0 spiro atoms. The molecule has 5 heteroatoms. The standard InChI is InChI=1S/C13H17BrO4/c1-13(7-15,8-16)9-18-12(17)11(14)10-5-3-2-4-6-10/h2-6,11,15-16H,7-9H2,1H3. The lowest BCUT2D eigenvalue weighted by Gasteiger charge is -2.24. The first-order chi connectivity index (χ1) is 8.52. The lowest BCUT2D eigenvalue weighted by atomic mass is 9.94. The Morgan fingerprint density at radius 1 is 1.33 bits per heavy atom. The van der Waals surface area contributed by atoms with Gasteiger partial charge in [0.2, 0.25) is 0 Å². The molecule has 1 atom stereocenters. The van der Waals surface area contributed by atoms with E-state index >= 15 is 0 Å². The molecule has 4 nitrogen and oxygen atoms in total. The van der Waals surface area contributed by atoms with Gasteiger partial charge in [-0.1, -0.05) is 53.2 Å². The van der Waals surface area contributed by atoms with Gasteiger partial charge in [0, 0.05) is 5.41 Å². The number of alkyl halides is 1. The number of aliphatic hydroxyl groups is 2. The third-order valence-electron chi connectivity index (χ3n) is 2.63. The van der Waals surface area contributed by atoms with Gasteiger partial charge < -0.3 is 14.9 Å². The van der Waals surface area contributed by atoms with E-state index in [9.17, 15) is 4.79 Å². The van der Waals surface area contributed by atoms with Crippen LogP contribution in [0, 0.1) is 5.41 Å². The number of aliphatic hydroxyl groups excluding tert-OH is 2. The van der Waals surface area contributed by atoms with Crippen LogP contribution in [0.4, 0.5) is 0 Å². The summed E-state index contributed by atoms with van der Waals surface area (Å²) >= 11 is 3.26. The molecule has 1 aromatic carbocycles. The summed E-state index contributed by atoms with van der Waals surface area (Å²) in [5.41, 5.74) is -0.00352. The summed E-state index contributed by atoms with van der Waals surface area (Å²) in [6.45, 7) is 1.14. The van der Waals surface area contributed by atoms with E-state index in [-0.39, 0.29) is 19.8 Å². The summed E-state index contributed by atoms with van der Waals surface area (Å²) in [5, 5.41) is 18.2. The van der Waals surface area contributed by atoms with Gasteiger partial charge in [0.15, 0.2) is 0 Å². The van der Waals surface area contributed by atoms with Gasteiger partial charge in [0.1, 0.15) is 11.4 Å². The smallest absolute Gasteiger partial charge is 0.324 e. The number of carbonyl (C=O) groups is 1. The molecule has 0 aliphatic carbocycles. The van der Waals surface area contributed by atoms with Crippen molar-refractivity contribution in [3.63, 3.8) is 0 Å². The second-order valence-electron chi connectivity index (χ2n) is 4.51. The first-order valence-electron chi connectivity index (χ1n) is 5.60. The quantitative estimate of drug-likeness (QED) is 0.618. The number of rotatable bonds is 6. The van der Waals surface area contributed by atoms with Crippen LogP contribution in [0.1, 0.15) is 17.3 Å². The Morgan fingerprint density at radius 3 is 2.39 bits per heavy atom. The average Bonchev–Trinajstić information content (AvgIpc) is 2.44. The minimum atomic E-state index is -0.806. The number of hydrogen-bond donors (Lipinski definition) is 2. The summed E-state index contributed by atoms with van der Waals surface area (Å²) in [6.07, 6.45) is 0. The molecule has 0 fully saturated rings. The normalized spacial score (nSPS) is 13.1. The van der Waals surface area contributed by atoms with Crippen molar-refractivity contribution < 1.29 is 19.7 Å². The molecule has 0 saturated heterocycles. The van der Waals surface area contributed by atoms with Crippen LogP contribution in [0.3, 0.4) is 0 Å². The van der Waals surface area contributed by atoms with Crippen LogP contribution in [-0.2, 0) is 9.53 Å². The maximum absolute atomic E-state index is 11.8. The predicted molar refractivity (Wildman–Crippen MR) is 71.3 cm³/mol. The molecule has 1 rings (SSSR count). The van der Waals surface area contributed by atoms with Crippen molar-refractivity contribution in [1.82, 2.24) is 0 Å². The zero-order valence-corrected chi connectivity index (χ0v) is 11.8. The monoisotopic (exact) mass is 316 g/mol. The first kappa shape index (κ1) is 15.1. The molecule has 0 heterocycles. The Bertz CT molecular complexity index is 376. The Morgan fingerprint density at radius 2 is 1.89 bits per heavy atom. The third-order valence-corrected chi connectivity index (χ3v) is 3.53. The molecule has 0 amide bonds. The van der Waals surface area contributed by atoms with Crippen LogP contribution in [0.5, 0.6) is 0 Å². The Balaban J connectivity index is 2.56. The number of hydrogen-bond acceptors (Lipinski definition) is 4. The first-order valence-corrected chi connectivity index (χ1v) is 6.51. The topological polar surface area (TPSA) is 66.8 Å². The average molecular weight is 317 g/mol. The van der Waals surface area contributed by atoms with E-state index in [1.807, 2.05) is 30.3 Å². The molecule has 0 bridgehead atoms. The molecule has 2 N–H and O–H groups in total. The number of carbonyl (C=O) groups excluding carboxylic acids is 1. The molecule has 1 unspecified atom stereocenters. The van der Waals surface area contributed by atoms with Crippen molar-refractivity contribution in [2.75, 3.05) is 19.8 Å². The van der Waals surface area contributed by atoms with Gasteiger partial charge in [-0.05, 0) is 5.56 Å². The van der Waals surface area contributed by atoms with Crippen molar-refractivity contribution >= 4 is 21.9 Å². The van der Waals surface area contributed by atoms with Gasteiger partial charge in [-0.15, -0.1) is 0 Å². The number of halogens is 1. The summed E-state index contributed by atoms with van der Waals surface area (Å²) < 4.78 is 5.10. The highest BCUT2D eigenvalue weighted by Crippen LogP contribution is 2.25. The summed E-state index contributed by atoms with van der Waals surface area (Å²) in [7, 11) is 0. The van der Waals surface area contributed by atoms with Gasteiger partial charge in [-0.2, -0.15) is 0 Å². The molecule has 0 aliphatic rings. The molecule has 100 valence electrons. The largest absolute Gasteiger partial charge is 0.464 e.